The Morgan fingerprint density at radius 2 is 2.04 bits per heavy atom. The Kier molecular flexibility index (Phi) is 6.32. The number of hydrogen-bond acceptors (Lipinski definition) is 6. The molecule has 1 saturated carbocycles. The normalized spacial score (nSPS) is 19.8. The number of nitrogens with zero attached hydrogens (tertiary/aromatic N) is 1. The highest BCUT2D eigenvalue weighted by Gasteiger charge is 2.24. The van der Waals surface area contributed by atoms with Gasteiger partial charge in [-0.2, -0.15) is 0 Å². The second-order valence-electron chi connectivity index (χ2n) is 6.25. The molecule has 0 aromatic heterocycles. The van der Waals surface area contributed by atoms with E-state index in [0.717, 1.165) is 25.3 Å². The summed E-state index contributed by atoms with van der Waals surface area (Å²) >= 11 is 0. The van der Waals surface area contributed by atoms with E-state index in [4.69, 9.17) is 4.74 Å². The molecule has 0 aliphatic heterocycles. The molecule has 0 bridgehead atoms. The van der Waals surface area contributed by atoms with Gasteiger partial charge in [0, 0.05) is 30.9 Å². The van der Waals surface area contributed by atoms with E-state index in [1.165, 1.54) is 18.6 Å². The molecule has 8 nitrogen and oxygen atoms in total. The predicted octanol–water partition coefficient (Wildman–Crippen LogP) is 2.49. The Labute approximate surface area is 146 Å². The van der Waals surface area contributed by atoms with E-state index in [1.54, 1.807) is 7.05 Å². The summed E-state index contributed by atoms with van der Waals surface area (Å²) in [4.78, 5) is 34.5. The molecule has 1 aliphatic carbocycles. The number of nitro groups is 1. The molecule has 1 aromatic rings. The number of nitrogens with one attached hydrogen (secondary N) is 2. The Balaban J connectivity index is 1.96. The molecular weight excluding hydrogens is 326 g/mol. The van der Waals surface area contributed by atoms with Gasteiger partial charge in [0.1, 0.15) is 0 Å². The van der Waals surface area contributed by atoms with Crippen LogP contribution in [0.15, 0.2) is 18.2 Å². The first-order valence-corrected chi connectivity index (χ1v) is 8.35. The SMILES string of the molecule is CNc1ccc([N+](=O)[O-])cc1C(=O)OCC(=O)N[C@H]1CCCC[C@H]1C. The summed E-state index contributed by atoms with van der Waals surface area (Å²) in [5, 5.41) is 16.5. The molecule has 0 spiro atoms. The van der Waals surface area contributed by atoms with E-state index in [0.29, 0.717) is 11.6 Å². The zero-order valence-electron chi connectivity index (χ0n) is 14.4. The van der Waals surface area contributed by atoms with Crippen LogP contribution in [0.4, 0.5) is 11.4 Å². The van der Waals surface area contributed by atoms with Crippen LogP contribution in [-0.2, 0) is 9.53 Å². The number of carbonyl (C=O) groups excluding carboxylic acids is 2. The number of carbonyl (C=O) groups is 2. The quantitative estimate of drug-likeness (QED) is 0.464. The van der Waals surface area contributed by atoms with Crippen LogP contribution in [0.2, 0.25) is 0 Å². The summed E-state index contributed by atoms with van der Waals surface area (Å²) in [6.45, 7) is 1.69. The van der Waals surface area contributed by atoms with E-state index in [2.05, 4.69) is 17.6 Å². The molecule has 25 heavy (non-hydrogen) atoms. The second-order valence-corrected chi connectivity index (χ2v) is 6.25. The molecule has 8 heteroatoms. The lowest BCUT2D eigenvalue weighted by Gasteiger charge is -2.29. The van der Waals surface area contributed by atoms with E-state index in [1.807, 2.05) is 0 Å². The van der Waals surface area contributed by atoms with Gasteiger partial charge in [-0.3, -0.25) is 14.9 Å². The molecule has 136 valence electrons. The van der Waals surface area contributed by atoms with Crippen molar-refractivity contribution >= 4 is 23.3 Å². The average Bonchev–Trinajstić information content (AvgIpc) is 2.61. The minimum atomic E-state index is -0.778. The zero-order chi connectivity index (χ0) is 18.4. The highest BCUT2D eigenvalue weighted by Crippen LogP contribution is 2.24. The van der Waals surface area contributed by atoms with Gasteiger partial charge in [-0.1, -0.05) is 19.8 Å². The summed E-state index contributed by atoms with van der Waals surface area (Å²) in [5.41, 5.74) is 0.207. The molecule has 0 unspecified atom stereocenters. The maximum atomic E-state index is 12.2. The summed E-state index contributed by atoms with van der Waals surface area (Å²) in [7, 11) is 1.59. The van der Waals surface area contributed by atoms with E-state index >= 15 is 0 Å². The number of non-ortho nitro benzene ring substituents is 1. The minimum absolute atomic E-state index is 0.0236. The average molecular weight is 349 g/mol. The largest absolute Gasteiger partial charge is 0.452 e. The van der Waals surface area contributed by atoms with Crippen molar-refractivity contribution in [1.29, 1.82) is 0 Å². The minimum Gasteiger partial charge on any atom is -0.452 e. The van der Waals surface area contributed by atoms with Crippen molar-refractivity contribution < 1.29 is 19.2 Å². The molecule has 1 aliphatic rings. The van der Waals surface area contributed by atoms with Gasteiger partial charge >= 0.3 is 5.97 Å². The fourth-order valence-electron chi connectivity index (χ4n) is 3.02. The molecule has 2 rings (SSSR count). The molecule has 2 N–H and O–H groups in total. The Bertz CT molecular complexity index is 662. The van der Waals surface area contributed by atoms with Gasteiger partial charge in [-0.25, -0.2) is 4.79 Å². The van der Waals surface area contributed by atoms with Crippen molar-refractivity contribution in [1.82, 2.24) is 5.32 Å². The molecule has 1 aromatic carbocycles. The second kappa shape index (κ2) is 8.46. The van der Waals surface area contributed by atoms with Crippen molar-refractivity contribution in [2.75, 3.05) is 19.0 Å². The van der Waals surface area contributed by atoms with Crippen LogP contribution in [0, 0.1) is 16.0 Å². The van der Waals surface area contributed by atoms with E-state index in [-0.39, 0.29) is 23.2 Å². The van der Waals surface area contributed by atoms with E-state index in [9.17, 15) is 19.7 Å². The lowest BCUT2D eigenvalue weighted by Crippen LogP contribution is -2.42. The third-order valence-corrected chi connectivity index (χ3v) is 4.50. The first-order chi connectivity index (χ1) is 11.9. The van der Waals surface area contributed by atoms with Crippen molar-refractivity contribution in [3.05, 3.63) is 33.9 Å². The third-order valence-electron chi connectivity index (χ3n) is 4.50. The number of rotatable bonds is 6. The first kappa shape index (κ1) is 18.7. The fraction of sp³-hybridized carbons (Fsp3) is 0.529. The number of anilines is 1. The lowest BCUT2D eigenvalue weighted by atomic mass is 9.86. The van der Waals surface area contributed by atoms with Crippen LogP contribution in [-0.4, -0.2) is 36.5 Å². The molecule has 0 radical (unpaired) electrons. The van der Waals surface area contributed by atoms with Crippen LogP contribution >= 0.6 is 0 Å². The molecule has 0 heterocycles. The highest BCUT2D eigenvalue weighted by atomic mass is 16.6. The maximum absolute atomic E-state index is 12.2. The van der Waals surface area contributed by atoms with Gasteiger partial charge in [0.15, 0.2) is 6.61 Å². The summed E-state index contributed by atoms with van der Waals surface area (Å²) in [6.07, 6.45) is 4.25. The van der Waals surface area contributed by atoms with Crippen LogP contribution in [0.25, 0.3) is 0 Å². The Morgan fingerprint density at radius 1 is 1.32 bits per heavy atom. The number of ether oxygens (including phenoxy) is 1. The Morgan fingerprint density at radius 3 is 2.68 bits per heavy atom. The van der Waals surface area contributed by atoms with E-state index < -0.39 is 17.5 Å². The molecular formula is C17H23N3O5. The Hall–Kier alpha value is -2.64. The standard InChI is InChI=1S/C17H23N3O5/c1-11-5-3-4-6-14(11)19-16(21)10-25-17(22)13-9-12(20(23)24)7-8-15(13)18-2/h7-9,11,14,18H,3-6,10H2,1-2H3,(H,19,21)/t11-,14+/m1/s1. The number of nitro benzene ring substituents is 1. The monoisotopic (exact) mass is 349 g/mol. The van der Waals surface area contributed by atoms with Crippen molar-refractivity contribution in [2.24, 2.45) is 5.92 Å². The number of amides is 1. The third kappa shape index (κ3) is 4.91. The summed E-state index contributed by atoms with van der Waals surface area (Å²) < 4.78 is 5.03. The molecule has 2 atom stereocenters. The van der Waals surface area contributed by atoms with Crippen molar-refractivity contribution in [3.8, 4) is 0 Å². The lowest BCUT2D eigenvalue weighted by molar-refractivity contribution is -0.384. The van der Waals surface area contributed by atoms with Crippen LogP contribution in [0.1, 0.15) is 43.0 Å². The van der Waals surface area contributed by atoms with Gasteiger partial charge in [0.2, 0.25) is 0 Å². The zero-order valence-corrected chi connectivity index (χ0v) is 14.4. The van der Waals surface area contributed by atoms with Crippen LogP contribution < -0.4 is 10.6 Å². The number of benzene rings is 1. The van der Waals surface area contributed by atoms with Gasteiger partial charge in [-0.15, -0.1) is 0 Å². The predicted molar refractivity (Wildman–Crippen MR) is 92.5 cm³/mol. The van der Waals surface area contributed by atoms with Crippen LogP contribution in [0.5, 0.6) is 0 Å². The smallest absolute Gasteiger partial charge is 0.341 e. The maximum Gasteiger partial charge on any atom is 0.341 e. The summed E-state index contributed by atoms with van der Waals surface area (Å²) in [6, 6.07) is 3.96. The van der Waals surface area contributed by atoms with Crippen molar-refractivity contribution in [3.63, 3.8) is 0 Å². The first-order valence-electron chi connectivity index (χ1n) is 8.35. The highest BCUT2D eigenvalue weighted by molar-refractivity contribution is 5.97. The molecule has 1 fully saturated rings. The fourth-order valence-corrected chi connectivity index (χ4v) is 3.02. The topological polar surface area (TPSA) is 111 Å². The number of esters is 1. The molecule has 0 saturated heterocycles. The summed E-state index contributed by atoms with van der Waals surface area (Å²) in [5.74, 6) is -0.732. The number of hydrogen-bond donors (Lipinski definition) is 2. The van der Waals surface area contributed by atoms with Crippen molar-refractivity contribution in [2.45, 2.75) is 38.6 Å². The molecule has 1 amide bonds. The van der Waals surface area contributed by atoms with Gasteiger partial charge in [0.05, 0.1) is 10.5 Å². The van der Waals surface area contributed by atoms with Gasteiger partial charge in [0.25, 0.3) is 11.6 Å². The van der Waals surface area contributed by atoms with Crippen LogP contribution in [0.3, 0.4) is 0 Å². The van der Waals surface area contributed by atoms with Gasteiger partial charge in [-0.05, 0) is 24.8 Å². The van der Waals surface area contributed by atoms with Gasteiger partial charge < -0.3 is 15.4 Å².